The molecule has 0 radical (unpaired) electrons. The SMILES string of the molecule is CCCS(=O)(=O)Nc1cccc(NC(=O)COc2ccc(C(C)C)c(C)c2)c1C. The van der Waals surface area contributed by atoms with Crippen molar-refractivity contribution in [3.63, 3.8) is 0 Å². The van der Waals surface area contributed by atoms with Crippen LogP contribution in [0.25, 0.3) is 0 Å². The fraction of sp³-hybridized carbons (Fsp3) is 0.409. The first kappa shape index (κ1) is 22.7. The number of nitrogens with one attached hydrogen (secondary N) is 2. The molecule has 0 spiro atoms. The third-order valence-electron chi connectivity index (χ3n) is 4.58. The Balaban J connectivity index is 2.02. The number of amides is 1. The van der Waals surface area contributed by atoms with Gasteiger partial charge in [-0.1, -0.05) is 32.9 Å². The fourth-order valence-corrected chi connectivity index (χ4v) is 4.29. The van der Waals surface area contributed by atoms with Crippen LogP contribution in [0, 0.1) is 13.8 Å². The van der Waals surface area contributed by atoms with Crippen LogP contribution in [-0.4, -0.2) is 26.7 Å². The van der Waals surface area contributed by atoms with E-state index in [9.17, 15) is 13.2 Å². The van der Waals surface area contributed by atoms with Crippen LogP contribution in [0.1, 0.15) is 49.8 Å². The lowest BCUT2D eigenvalue weighted by molar-refractivity contribution is -0.118. The van der Waals surface area contributed by atoms with Crippen LogP contribution < -0.4 is 14.8 Å². The summed E-state index contributed by atoms with van der Waals surface area (Å²) in [5.41, 5.74) is 4.02. The second-order valence-corrected chi connectivity index (χ2v) is 9.25. The van der Waals surface area contributed by atoms with Gasteiger partial charge in [0.05, 0.1) is 11.4 Å². The summed E-state index contributed by atoms with van der Waals surface area (Å²) in [6.07, 6.45) is 0.528. The highest BCUT2D eigenvalue weighted by atomic mass is 32.2. The first-order chi connectivity index (χ1) is 13.6. The molecule has 6 nitrogen and oxygen atoms in total. The normalized spacial score (nSPS) is 11.4. The summed E-state index contributed by atoms with van der Waals surface area (Å²) in [4.78, 5) is 12.3. The summed E-state index contributed by atoms with van der Waals surface area (Å²) in [5, 5.41) is 2.78. The van der Waals surface area contributed by atoms with Crippen LogP contribution in [-0.2, 0) is 14.8 Å². The Kier molecular flexibility index (Phi) is 7.67. The molecule has 0 aliphatic heterocycles. The first-order valence-corrected chi connectivity index (χ1v) is 11.4. The molecule has 0 aromatic heterocycles. The van der Waals surface area contributed by atoms with Gasteiger partial charge in [-0.05, 0) is 67.1 Å². The predicted octanol–water partition coefficient (Wildman–Crippen LogP) is 4.60. The quantitative estimate of drug-likeness (QED) is 0.623. The minimum Gasteiger partial charge on any atom is -0.484 e. The van der Waals surface area contributed by atoms with Crippen molar-refractivity contribution in [1.82, 2.24) is 0 Å². The minimum absolute atomic E-state index is 0.0475. The number of anilines is 2. The Morgan fingerprint density at radius 3 is 2.41 bits per heavy atom. The van der Waals surface area contributed by atoms with E-state index >= 15 is 0 Å². The summed E-state index contributed by atoms with van der Waals surface area (Å²) >= 11 is 0. The number of ether oxygens (including phenoxy) is 1. The van der Waals surface area contributed by atoms with Gasteiger partial charge in [0.25, 0.3) is 5.91 Å². The molecule has 0 unspecified atom stereocenters. The Bertz CT molecular complexity index is 969. The van der Waals surface area contributed by atoms with Gasteiger partial charge in [0, 0.05) is 5.69 Å². The number of carbonyl (C=O) groups is 1. The lowest BCUT2D eigenvalue weighted by atomic mass is 9.98. The van der Waals surface area contributed by atoms with E-state index in [-0.39, 0.29) is 18.3 Å². The molecule has 0 aliphatic carbocycles. The minimum atomic E-state index is -3.40. The predicted molar refractivity (Wildman–Crippen MR) is 118 cm³/mol. The first-order valence-electron chi connectivity index (χ1n) is 9.76. The molecule has 2 N–H and O–H groups in total. The van der Waals surface area contributed by atoms with Gasteiger partial charge in [0.15, 0.2) is 6.61 Å². The van der Waals surface area contributed by atoms with Gasteiger partial charge in [-0.2, -0.15) is 0 Å². The lowest BCUT2D eigenvalue weighted by Gasteiger charge is -2.15. The van der Waals surface area contributed by atoms with E-state index in [2.05, 4.69) is 23.9 Å². The molecule has 0 fully saturated rings. The Morgan fingerprint density at radius 1 is 1.10 bits per heavy atom. The molecule has 2 aromatic carbocycles. The van der Waals surface area contributed by atoms with E-state index in [1.807, 2.05) is 25.1 Å². The number of hydrogen-bond donors (Lipinski definition) is 2. The van der Waals surface area contributed by atoms with Gasteiger partial charge in [0.1, 0.15) is 5.75 Å². The van der Waals surface area contributed by atoms with Crippen molar-refractivity contribution in [3.05, 3.63) is 53.1 Å². The van der Waals surface area contributed by atoms with Crippen LogP contribution in [0.5, 0.6) is 5.75 Å². The zero-order valence-corrected chi connectivity index (χ0v) is 18.5. The Hall–Kier alpha value is -2.54. The average Bonchev–Trinajstić information content (AvgIpc) is 2.63. The standard InChI is InChI=1S/C22H30N2O4S/c1-6-12-29(26,27)24-21-9-7-8-20(17(21)5)23-22(25)14-28-18-10-11-19(15(2)3)16(4)13-18/h7-11,13,15,24H,6,12,14H2,1-5H3,(H,23,25). The highest BCUT2D eigenvalue weighted by molar-refractivity contribution is 7.92. The summed E-state index contributed by atoms with van der Waals surface area (Å²) in [6.45, 7) is 9.72. The van der Waals surface area contributed by atoms with E-state index in [0.29, 0.717) is 35.0 Å². The summed E-state index contributed by atoms with van der Waals surface area (Å²) < 4.78 is 32.2. The van der Waals surface area contributed by atoms with E-state index in [4.69, 9.17) is 4.74 Å². The van der Waals surface area contributed by atoms with E-state index in [1.54, 1.807) is 32.0 Å². The summed E-state index contributed by atoms with van der Waals surface area (Å²) in [7, 11) is -3.40. The van der Waals surface area contributed by atoms with Crippen molar-refractivity contribution >= 4 is 27.3 Å². The zero-order chi connectivity index (χ0) is 21.6. The van der Waals surface area contributed by atoms with Crippen LogP contribution in [0.2, 0.25) is 0 Å². The number of sulfonamides is 1. The largest absolute Gasteiger partial charge is 0.484 e. The molecule has 0 saturated heterocycles. The molecular weight excluding hydrogens is 388 g/mol. The summed E-state index contributed by atoms with van der Waals surface area (Å²) in [5.74, 6) is 0.802. The van der Waals surface area contributed by atoms with Gasteiger partial charge >= 0.3 is 0 Å². The number of carbonyl (C=O) groups excluding carboxylic acids is 1. The Labute approximate surface area is 173 Å². The molecule has 0 atom stereocenters. The second kappa shape index (κ2) is 9.78. The molecular formula is C22H30N2O4S. The number of rotatable bonds is 9. The molecule has 2 rings (SSSR count). The topological polar surface area (TPSA) is 84.5 Å². The molecule has 0 bridgehead atoms. The van der Waals surface area contributed by atoms with Crippen molar-refractivity contribution in [2.24, 2.45) is 0 Å². The molecule has 29 heavy (non-hydrogen) atoms. The molecule has 158 valence electrons. The molecule has 0 aliphatic rings. The average molecular weight is 419 g/mol. The van der Waals surface area contributed by atoms with Crippen molar-refractivity contribution in [2.45, 2.75) is 47.0 Å². The fourth-order valence-electron chi connectivity index (χ4n) is 3.09. The smallest absolute Gasteiger partial charge is 0.262 e. The third-order valence-corrected chi connectivity index (χ3v) is 6.06. The number of benzene rings is 2. The van der Waals surface area contributed by atoms with Gasteiger partial charge < -0.3 is 10.1 Å². The van der Waals surface area contributed by atoms with Crippen LogP contribution in [0.4, 0.5) is 11.4 Å². The van der Waals surface area contributed by atoms with Crippen molar-refractivity contribution in [2.75, 3.05) is 22.4 Å². The van der Waals surface area contributed by atoms with Crippen molar-refractivity contribution < 1.29 is 17.9 Å². The van der Waals surface area contributed by atoms with Crippen LogP contribution in [0.15, 0.2) is 36.4 Å². The molecule has 0 saturated carbocycles. The highest BCUT2D eigenvalue weighted by Gasteiger charge is 2.14. The van der Waals surface area contributed by atoms with Gasteiger partial charge in [-0.3, -0.25) is 9.52 Å². The van der Waals surface area contributed by atoms with Crippen LogP contribution >= 0.6 is 0 Å². The van der Waals surface area contributed by atoms with Crippen LogP contribution in [0.3, 0.4) is 0 Å². The highest BCUT2D eigenvalue weighted by Crippen LogP contribution is 2.25. The maximum Gasteiger partial charge on any atom is 0.262 e. The lowest BCUT2D eigenvalue weighted by Crippen LogP contribution is -2.21. The van der Waals surface area contributed by atoms with E-state index < -0.39 is 10.0 Å². The molecule has 2 aromatic rings. The molecule has 1 amide bonds. The zero-order valence-electron chi connectivity index (χ0n) is 17.7. The maximum absolute atomic E-state index is 12.3. The monoisotopic (exact) mass is 418 g/mol. The van der Waals surface area contributed by atoms with Gasteiger partial charge in [-0.15, -0.1) is 0 Å². The van der Waals surface area contributed by atoms with Gasteiger partial charge in [0.2, 0.25) is 10.0 Å². The van der Waals surface area contributed by atoms with Crippen molar-refractivity contribution in [1.29, 1.82) is 0 Å². The van der Waals surface area contributed by atoms with E-state index in [1.165, 1.54) is 5.56 Å². The number of hydrogen-bond acceptors (Lipinski definition) is 4. The summed E-state index contributed by atoms with van der Waals surface area (Å²) in [6, 6.07) is 10.9. The Morgan fingerprint density at radius 2 is 1.79 bits per heavy atom. The van der Waals surface area contributed by atoms with Crippen molar-refractivity contribution in [3.8, 4) is 5.75 Å². The van der Waals surface area contributed by atoms with Gasteiger partial charge in [-0.25, -0.2) is 8.42 Å². The molecule has 7 heteroatoms. The number of aryl methyl sites for hydroxylation is 1. The molecule has 0 heterocycles. The second-order valence-electron chi connectivity index (χ2n) is 7.41. The third kappa shape index (κ3) is 6.49. The maximum atomic E-state index is 12.3. The van der Waals surface area contributed by atoms with E-state index in [0.717, 1.165) is 5.56 Å².